The Kier molecular flexibility index (Phi) is 8.32. The van der Waals surface area contributed by atoms with Crippen molar-refractivity contribution in [1.82, 2.24) is 0 Å². The highest BCUT2D eigenvalue weighted by Crippen LogP contribution is 2.36. The molecule has 40 heavy (non-hydrogen) atoms. The minimum Gasteiger partial charge on any atom is -0.508 e. The molecule has 3 N–H and O–H groups in total. The van der Waals surface area contributed by atoms with Crippen molar-refractivity contribution in [3.63, 3.8) is 0 Å². The lowest BCUT2D eigenvalue weighted by Crippen LogP contribution is -2.29. The van der Waals surface area contributed by atoms with E-state index in [2.05, 4.69) is 77.9 Å². The van der Waals surface area contributed by atoms with Gasteiger partial charge in [-0.05, 0) is 76.1 Å². The quantitative estimate of drug-likeness (QED) is 0.192. The predicted octanol–water partition coefficient (Wildman–Crippen LogP) is 7.86. The van der Waals surface area contributed by atoms with Crippen LogP contribution >= 0.6 is 0 Å². The zero-order valence-corrected chi connectivity index (χ0v) is 24.5. The minimum absolute atomic E-state index is 0.196. The summed E-state index contributed by atoms with van der Waals surface area (Å²) in [6.07, 6.45) is -0.0455. The molecule has 4 heteroatoms. The van der Waals surface area contributed by atoms with Gasteiger partial charge >= 0.3 is 0 Å². The van der Waals surface area contributed by atoms with E-state index in [0.29, 0.717) is 6.42 Å². The Morgan fingerprint density at radius 2 is 0.850 bits per heavy atom. The molecule has 0 heterocycles. The summed E-state index contributed by atoms with van der Waals surface area (Å²) in [4.78, 5) is 0. The van der Waals surface area contributed by atoms with E-state index in [9.17, 15) is 15.3 Å². The molecule has 4 rings (SSSR count). The smallest absolute Gasteiger partial charge is 0.119 e. The van der Waals surface area contributed by atoms with Gasteiger partial charge in [-0.2, -0.15) is 0 Å². The summed E-state index contributed by atoms with van der Waals surface area (Å²) in [5, 5.41) is 30.1. The molecule has 4 nitrogen and oxygen atoms in total. The van der Waals surface area contributed by atoms with Crippen molar-refractivity contribution in [2.75, 3.05) is 6.61 Å². The third-order valence-corrected chi connectivity index (χ3v) is 8.33. The summed E-state index contributed by atoms with van der Waals surface area (Å²) in [6.45, 7) is 13.2. The van der Waals surface area contributed by atoms with Gasteiger partial charge in [0.05, 0.1) is 6.10 Å². The number of rotatable bonds is 10. The molecule has 0 aliphatic heterocycles. The van der Waals surface area contributed by atoms with E-state index in [-0.39, 0.29) is 34.4 Å². The van der Waals surface area contributed by atoms with Crippen LogP contribution in [-0.4, -0.2) is 28.0 Å². The Balaban J connectivity index is 1.35. The maximum absolute atomic E-state index is 10.9. The second-order valence-electron chi connectivity index (χ2n) is 12.5. The molecule has 1 unspecified atom stereocenters. The second-order valence-corrected chi connectivity index (χ2v) is 12.5. The van der Waals surface area contributed by atoms with Gasteiger partial charge in [-0.15, -0.1) is 0 Å². The van der Waals surface area contributed by atoms with E-state index in [4.69, 9.17) is 4.74 Å². The first-order valence-corrected chi connectivity index (χ1v) is 13.9. The van der Waals surface area contributed by atoms with Gasteiger partial charge in [0.1, 0.15) is 23.9 Å². The highest BCUT2D eigenvalue weighted by molar-refractivity contribution is 5.43. The molecule has 0 radical (unpaired) electrons. The van der Waals surface area contributed by atoms with Crippen LogP contribution in [0.25, 0.3) is 0 Å². The van der Waals surface area contributed by atoms with Gasteiger partial charge in [0, 0.05) is 10.8 Å². The van der Waals surface area contributed by atoms with Gasteiger partial charge in [0.25, 0.3) is 0 Å². The van der Waals surface area contributed by atoms with Crippen LogP contribution in [0.3, 0.4) is 0 Å². The van der Waals surface area contributed by atoms with E-state index >= 15 is 0 Å². The van der Waals surface area contributed by atoms with E-state index in [1.54, 1.807) is 24.3 Å². The predicted molar refractivity (Wildman–Crippen MR) is 162 cm³/mol. The Hall–Kier alpha value is -3.76. The van der Waals surface area contributed by atoms with Gasteiger partial charge in [-0.25, -0.2) is 0 Å². The molecule has 4 aromatic carbocycles. The summed E-state index contributed by atoms with van der Waals surface area (Å²) in [5.74, 6) is 1.25. The third-order valence-electron chi connectivity index (χ3n) is 8.33. The van der Waals surface area contributed by atoms with Gasteiger partial charge in [-0.1, -0.05) is 102 Å². The molecule has 0 spiro atoms. The van der Waals surface area contributed by atoms with Gasteiger partial charge in [0.2, 0.25) is 0 Å². The topological polar surface area (TPSA) is 69.9 Å². The van der Waals surface area contributed by atoms with Crippen LogP contribution < -0.4 is 4.74 Å². The molecular formula is C36H42O4. The fourth-order valence-electron chi connectivity index (χ4n) is 5.35. The molecular weight excluding hydrogens is 496 g/mol. The Morgan fingerprint density at radius 1 is 0.525 bits per heavy atom. The summed E-state index contributed by atoms with van der Waals surface area (Å²) >= 11 is 0. The van der Waals surface area contributed by atoms with Gasteiger partial charge < -0.3 is 20.1 Å². The Bertz CT molecular complexity index is 1380. The highest BCUT2D eigenvalue weighted by atomic mass is 16.5. The molecule has 1 atom stereocenters. The number of phenolic OH excluding ortho intramolecular Hbond substituents is 2. The lowest BCUT2D eigenvalue weighted by Gasteiger charge is -2.30. The van der Waals surface area contributed by atoms with Crippen molar-refractivity contribution in [2.45, 2.75) is 70.3 Å². The maximum atomic E-state index is 10.9. The minimum atomic E-state index is -0.615. The van der Waals surface area contributed by atoms with Crippen molar-refractivity contribution in [3.05, 3.63) is 125 Å². The summed E-state index contributed by atoms with van der Waals surface area (Å²) in [7, 11) is 0. The number of phenols is 2. The van der Waals surface area contributed by atoms with E-state index < -0.39 is 6.10 Å². The SMILES string of the molecule is CC(C)(CC(O)COc1ccc(C(C)(C)c2ccc(O)cc2)cc1)c1ccc(C(C)(C)c2ccc(O)cc2)cc1. The van der Waals surface area contributed by atoms with E-state index in [0.717, 1.165) is 28.0 Å². The summed E-state index contributed by atoms with van der Waals surface area (Å²) < 4.78 is 5.96. The van der Waals surface area contributed by atoms with Crippen LogP contribution in [0, 0.1) is 0 Å². The molecule has 0 fully saturated rings. The fourth-order valence-corrected chi connectivity index (χ4v) is 5.35. The standard InChI is InChI=1S/C36H42O4/c1-34(2,25-7-9-26(10-8-25)35(3,4)27-11-17-30(37)18-12-27)23-32(39)24-40-33-21-15-29(16-22-33)36(5,6)28-13-19-31(38)20-14-28/h7-22,32,37-39H,23-24H2,1-6H3. The highest BCUT2D eigenvalue weighted by Gasteiger charge is 2.28. The second kappa shape index (κ2) is 11.4. The normalized spacial score (nSPS) is 13.2. The maximum Gasteiger partial charge on any atom is 0.119 e. The number of aliphatic hydroxyl groups is 1. The van der Waals surface area contributed by atoms with Crippen molar-refractivity contribution < 1.29 is 20.1 Å². The Labute approximate surface area is 238 Å². The van der Waals surface area contributed by atoms with E-state index in [1.807, 2.05) is 36.4 Å². The van der Waals surface area contributed by atoms with E-state index in [1.165, 1.54) is 5.56 Å². The molecule has 0 saturated heterocycles. The van der Waals surface area contributed by atoms with Crippen molar-refractivity contribution in [1.29, 1.82) is 0 Å². The van der Waals surface area contributed by atoms with Crippen LogP contribution in [0.1, 0.15) is 75.8 Å². The number of aliphatic hydroxyl groups excluding tert-OH is 1. The molecule has 0 aliphatic carbocycles. The van der Waals surface area contributed by atoms with Gasteiger partial charge in [0.15, 0.2) is 0 Å². The third kappa shape index (κ3) is 6.51. The first kappa shape index (κ1) is 29.2. The summed E-state index contributed by atoms with van der Waals surface area (Å²) in [5.41, 5.74) is 5.11. The Morgan fingerprint density at radius 3 is 1.25 bits per heavy atom. The zero-order chi connectivity index (χ0) is 29.1. The largest absolute Gasteiger partial charge is 0.508 e. The molecule has 0 amide bonds. The van der Waals surface area contributed by atoms with Crippen molar-refractivity contribution >= 4 is 0 Å². The van der Waals surface area contributed by atoms with Crippen molar-refractivity contribution in [3.8, 4) is 17.2 Å². The number of ether oxygens (including phenoxy) is 1. The molecule has 210 valence electrons. The fraction of sp³-hybridized carbons (Fsp3) is 0.333. The van der Waals surface area contributed by atoms with Crippen LogP contribution in [-0.2, 0) is 16.2 Å². The lowest BCUT2D eigenvalue weighted by atomic mass is 9.75. The first-order chi connectivity index (χ1) is 18.8. The number of hydrogen-bond donors (Lipinski definition) is 3. The van der Waals surface area contributed by atoms with Crippen LogP contribution in [0.4, 0.5) is 0 Å². The number of hydrogen-bond acceptors (Lipinski definition) is 4. The lowest BCUT2D eigenvalue weighted by molar-refractivity contribution is 0.0825. The monoisotopic (exact) mass is 538 g/mol. The molecule has 0 saturated carbocycles. The van der Waals surface area contributed by atoms with Crippen LogP contribution in [0.2, 0.25) is 0 Å². The average molecular weight is 539 g/mol. The first-order valence-electron chi connectivity index (χ1n) is 13.9. The van der Waals surface area contributed by atoms with Crippen LogP contribution in [0.15, 0.2) is 97.1 Å². The molecule has 0 aromatic heterocycles. The molecule has 0 aliphatic rings. The van der Waals surface area contributed by atoms with Crippen LogP contribution in [0.5, 0.6) is 17.2 Å². The molecule has 4 aromatic rings. The average Bonchev–Trinajstić information content (AvgIpc) is 2.92. The number of aromatic hydroxyl groups is 2. The van der Waals surface area contributed by atoms with Gasteiger partial charge in [-0.3, -0.25) is 0 Å². The zero-order valence-electron chi connectivity index (χ0n) is 24.5. The molecule has 0 bridgehead atoms. The summed E-state index contributed by atoms with van der Waals surface area (Å²) in [6, 6.07) is 31.3. The van der Waals surface area contributed by atoms with Crippen molar-refractivity contribution in [2.24, 2.45) is 0 Å². The number of benzene rings is 4.